The van der Waals surface area contributed by atoms with Crippen LogP contribution in [0.1, 0.15) is 5.56 Å². The summed E-state index contributed by atoms with van der Waals surface area (Å²) in [5.74, 6) is 0.139. The molecule has 76 valence electrons. The van der Waals surface area contributed by atoms with Crippen molar-refractivity contribution in [3.8, 4) is 5.75 Å². The second kappa shape index (κ2) is 4.55. The normalized spacial score (nSPS) is 10.2. The molecule has 0 unspecified atom stereocenters. The first-order valence-electron chi connectivity index (χ1n) is 3.94. The summed E-state index contributed by atoms with van der Waals surface area (Å²) >= 11 is 0. The maximum Gasteiger partial charge on any atom is 0.387 e. The third-order valence-electron chi connectivity index (χ3n) is 1.54. The smallest absolute Gasteiger partial charge is 0.387 e. The van der Waals surface area contributed by atoms with E-state index in [1.165, 1.54) is 12.1 Å². The summed E-state index contributed by atoms with van der Waals surface area (Å²) in [6.45, 7) is -2.81. The van der Waals surface area contributed by atoms with Crippen LogP contribution in [0, 0.1) is 5.41 Å². The van der Waals surface area contributed by atoms with Crippen molar-refractivity contribution in [2.24, 2.45) is 5.73 Å². The Kier molecular flexibility index (Phi) is 3.39. The van der Waals surface area contributed by atoms with E-state index in [0.29, 0.717) is 6.42 Å². The zero-order valence-corrected chi connectivity index (χ0v) is 7.34. The molecule has 0 heterocycles. The van der Waals surface area contributed by atoms with Gasteiger partial charge < -0.3 is 10.5 Å². The first kappa shape index (κ1) is 10.4. The molecule has 0 fully saturated rings. The lowest BCUT2D eigenvalue weighted by molar-refractivity contribution is -0.0498. The molecule has 5 heteroatoms. The largest absolute Gasteiger partial charge is 0.435 e. The quantitative estimate of drug-likeness (QED) is 0.574. The Morgan fingerprint density at radius 2 is 1.93 bits per heavy atom. The van der Waals surface area contributed by atoms with Crippen molar-refractivity contribution in [3.05, 3.63) is 29.8 Å². The van der Waals surface area contributed by atoms with Gasteiger partial charge in [0.1, 0.15) is 5.75 Å². The summed E-state index contributed by atoms with van der Waals surface area (Å²) in [4.78, 5) is 0. The van der Waals surface area contributed by atoms with E-state index in [-0.39, 0.29) is 11.6 Å². The molecule has 14 heavy (non-hydrogen) atoms. The number of rotatable bonds is 4. The second-order valence-electron chi connectivity index (χ2n) is 2.72. The fourth-order valence-electron chi connectivity index (χ4n) is 1.01. The van der Waals surface area contributed by atoms with E-state index >= 15 is 0 Å². The van der Waals surface area contributed by atoms with Crippen molar-refractivity contribution in [3.63, 3.8) is 0 Å². The van der Waals surface area contributed by atoms with Crippen molar-refractivity contribution in [1.29, 1.82) is 5.41 Å². The number of halogens is 2. The predicted octanol–water partition coefficient (Wildman–Crippen LogP) is 1.77. The summed E-state index contributed by atoms with van der Waals surface area (Å²) in [5, 5.41) is 7.03. The highest BCUT2D eigenvalue weighted by atomic mass is 19.3. The molecular formula is C9H10F2N2O. The minimum atomic E-state index is -2.81. The molecule has 0 spiro atoms. The number of ether oxygens (including phenoxy) is 1. The number of benzene rings is 1. The highest BCUT2D eigenvalue weighted by Gasteiger charge is 2.03. The molecule has 1 rings (SSSR count). The average molecular weight is 200 g/mol. The summed E-state index contributed by atoms with van der Waals surface area (Å²) in [6, 6.07) is 6.03. The van der Waals surface area contributed by atoms with Gasteiger partial charge in [0.05, 0.1) is 5.84 Å². The van der Waals surface area contributed by atoms with Gasteiger partial charge in [-0.05, 0) is 17.7 Å². The molecule has 0 aromatic heterocycles. The van der Waals surface area contributed by atoms with Gasteiger partial charge in [-0.1, -0.05) is 12.1 Å². The van der Waals surface area contributed by atoms with Crippen LogP contribution in [0.2, 0.25) is 0 Å². The molecule has 0 aliphatic heterocycles. The van der Waals surface area contributed by atoms with E-state index in [2.05, 4.69) is 4.74 Å². The van der Waals surface area contributed by atoms with Crippen molar-refractivity contribution in [1.82, 2.24) is 0 Å². The Balaban J connectivity index is 2.63. The molecular weight excluding hydrogens is 190 g/mol. The molecule has 3 N–H and O–H groups in total. The van der Waals surface area contributed by atoms with Crippen molar-refractivity contribution < 1.29 is 13.5 Å². The van der Waals surface area contributed by atoms with Crippen molar-refractivity contribution in [2.45, 2.75) is 13.0 Å². The van der Waals surface area contributed by atoms with Gasteiger partial charge in [-0.2, -0.15) is 8.78 Å². The zero-order valence-electron chi connectivity index (χ0n) is 7.34. The maximum atomic E-state index is 11.8. The fraction of sp³-hybridized carbons (Fsp3) is 0.222. The highest BCUT2D eigenvalue weighted by Crippen LogP contribution is 2.14. The summed E-state index contributed by atoms with van der Waals surface area (Å²) in [7, 11) is 0. The summed E-state index contributed by atoms with van der Waals surface area (Å²) in [5.41, 5.74) is 5.97. The Morgan fingerprint density at radius 1 is 1.36 bits per heavy atom. The van der Waals surface area contributed by atoms with Crippen molar-refractivity contribution >= 4 is 5.84 Å². The van der Waals surface area contributed by atoms with E-state index in [4.69, 9.17) is 11.1 Å². The monoisotopic (exact) mass is 200 g/mol. The lowest BCUT2D eigenvalue weighted by atomic mass is 10.1. The molecule has 0 amide bonds. The fourth-order valence-corrected chi connectivity index (χ4v) is 1.01. The van der Waals surface area contributed by atoms with Gasteiger partial charge in [-0.25, -0.2) is 0 Å². The molecule has 0 saturated heterocycles. The molecule has 0 aliphatic rings. The Bertz CT molecular complexity index is 311. The highest BCUT2D eigenvalue weighted by molar-refractivity contribution is 5.79. The number of alkyl halides is 2. The Labute approximate surface area is 80.0 Å². The Hall–Kier alpha value is -1.65. The van der Waals surface area contributed by atoms with Crippen LogP contribution in [0.4, 0.5) is 8.78 Å². The molecule has 3 nitrogen and oxygen atoms in total. The second-order valence-corrected chi connectivity index (χ2v) is 2.72. The minimum absolute atomic E-state index is 0.0347. The molecule has 0 bridgehead atoms. The van der Waals surface area contributed by atoms with E-state index < -0.39 is 6.61 Å². The van der Waals surface area contributed by atoms with Crippen LogP contribution in [0.3, 0.4) is 0 Å². The summed E-state index contributed by atoms with van der Waals surface area (Å²) < 4.78 is 27.7. The minimum Gasteiger partial charge on any atom is -0.435 e. The Morgan fingerprint density at radius 3 is 2.36 bits per heavy atom. The molecule has 0 radical (unpaired) electrons. The van der Waals surface area contributed by atoms with Gasteiger partial charge in [-0.3, -0.25) is 5.41 Å². The van der Waals surface area contributed by atoms with Crippen LogP contribution in [-0.4, -0.2) is 12.4 Å². The number of hydrogen-bond donors (Lipinski definition) is 2. The predicted molar refractivity (Wildman–Crippen MR) is 48.7 cm³/mol. The lowest BCUT2D eigenvalue weighted by Gasteiger charge is -2.04. The van der Waals surface area contributed by atoms with Crippen LogP contribution in [-0.2, 0) is 6.42 Å². The topological polar surface area (TPSA) is 59.1 Å². The molecule has 0 aliphatic carbocycles. The van der Waals surface area contributed by atoms with Gasteiger partial charge in [0.25, 0.3) is 0 Å². The third kappa shape index (κ3) is 3.38. The SMILES string of the molecule is N=C(N)Cc1ccc(OC(F)F)cc1. The standard InChI is InChI=1S/C9H10F2N2O/c10-9(11)14-7-3-1-6(2-4-7)5-8(12)13/h1-4,9H,5H2,(H3,12,13). The van der Waals surface area contributed by atoms with Gasteiger partial charge in [0, 0.05) is 6.42 Å². The third-order valence-corrected chi connectivity index (χ3v) is 1.54. The van der Waals surface area contributed by atoms with Crippen LogP contribution in [0.15, 0.2) is 24.3 Å². The van der Waals surface area contributed by atoms with Gasteiger partial charge >= 0.3 is 6.61 Å². The van der Waals surface area contributed by atoms with Crippen LogP contribution >= 0.6 is 0 Å². The molecule has 1 aromatic carbocycles. The summed E-state index contributed by atoms with van der Waals surface area (Å²) in [6.07, 6.45) is 0.314. The van der Waals surface area contributed by atoms with Crippen molar-refractivity contribution in [2.75, 3.05) is 0 Å². The first-order valence-corrected chi connectivity index (χ1v) is 3.94. The number of hydrogen-bond acceptors (Lipinski definition) is 2. The zero-order chi connectivity index (χ0) is 10.6. The number of amidine groups is 1. The van der Waals surface area contributed by atoms with Crippen LogP contribution < -0.4 is 10.5 Å². The van der Waals surface area contributed by atoms with Gasteiger partial charge in [0.15, 0.2) is 0 Å². The molecule has 0 atom stereocenters. The van der Waals surface area contributed by atoms with Gasteiger partial charge in [-0.15, -0.1) is 0 Å². The average Bonchev–Trinajstić information content (AvgIpc) is 2.06. The molecule has 1 aromatic rings. The lowest BCUT2D eigenvalue weighted by Crippen LogP contribution is -2.12. The van der Waals surface area contributed by atoms with Gasteiger partial charge in [0.2, 0.25) is 0 Å². The number of nitrogens with one attached hydrogen (secondary N) is 1. The molecule has 0 saturated carbocycles. The maximum absolute atomic E-state index is 11.8. The van der Waals surface area contributed by atoms with Crippen LogP contribution in [0.25, 0.3) is 0 Å². The van der Waals surface area contributed by atoms with E-state index in [1.54, 1.807) is 12.1 Å². The van der Waals surface area contributed by atoms with E-state index in [1.807, 2.05) is 0 Å². The van der Waals surface area contributed by atoms with E-state index in [0.717, 1.165) is 5.56 Å². The van der Waals surface area contributed by atoms with Crippen LogP contribution in [0.5, 0.6) is 5.75 Å². The number of nitrogens with two attached hydrogens (primary N) is 1. The first-order chi connectivity index (χ1) is 6.58. The van der Waals surface area contributed by atoms with E-state index in [9.17, 15) is 8.78 Å².